The lowest BCUT2D eigenvalue weighted by Gasteiger charge is -2.08. The van der Waals surface area contributed by atoms with E-state index in [-0.39, 0.29) is 16.1 Å². The number of rotatable bonds is 2. The number of benzene rings is 1. The second-order valence-corrected chi connectivity index (χ2v) is 4.89. The molecule has 0 spiro atoms. The summed E-state index contributed by atoms with van der Waals surface area (Å²) in [5.41, 5.74) is 4.15. The zero-order valence-corrected chi connectivity index (χ0v) is 12.3. The maximum atomic E-state index is 13.1. The summed E-state index contributed by atoms with van der Waals surface area (Å²) in [6.45, 7) is 3.26. The first-order chi connectivity index (χ1) is 10.3. The Hall–Kier alpha value is -2.41. The van der Waals surface area contributed by atoms with E-state index in [0.29, 0.717) is 23.7 Å². The number of furan rings is 1. The first kappa shape index (κ1) is 16.0. The highest BCUT2D eigenvalue weighted by atomic mass is 35.5. The van der Waals surface area contributed by atoms with Gasteiger partial charge < -0.3 is 4.42 Å². The van der Waals surface area contributed by atoms with E-state index >= 15 is 0 Å². The minimum Gasteiger partial charge on any atom is -0.466 e. The molecule has 1 heterocycles. The van der Waals surface area contributed by atoms with Gasteiger partial charge in [0.25, 0.3) is 11.8 Å². The van der Waals surface area contributed by atoms with Crippen LogP contribution in [0.5, 0.6) is 0 Å². The van der Waals surface area contributed by atoms with Gasteiger partial charge in [-0.3, -0.25) is 20.4 Å². The molecule has 0 atom stereocenters. The maximum Gasteiger partial charge on any atom is 0.273 e. The molecule has 0 unspecified atom stereocenters. The Labute approximate surface area is 129 Å². The average molecular weight is 329 g/mol. The summed E-state index contributed by atoms with van der Waals surface area (Å²) in [5.74, 6) is -2.96. The molecule has 2 N–H and O–H groups in total. The van der Waals surface area contributed by atoms with Crippen LogP contribution in [0.2, 0.25) is 5.02 Å². The highest BCUT2D eigenvalue weighted by Gasteiger charge is 2.17. The van der Waals surface area contributed by atoms with Crippen LogP contribution < -0.4 is 10.9 Å². The molecule has 2 amide bonds. The summed E-state index contributed by atoms with van der Waals surface area (Å²) in [6, 6.07) is 2.82. The molecule has 0 aliphatic rings. The molecule has 0 saturated carbocycles. The number of hydrogen-bond acceptors (Lipinski definition) is 3. The van der Waals surface area contributed by atoms with Gasteiger partial charge in [0.1, 0.15) is 11.5 Å². The molecule has 0 saturated heterocycles. The van der Waals surface area contributed by atoms with Gasteiger partial charge in [0.05, 0.1) is 16.1 Å². The quantitative estimate of drug-likeness (QED) is 0.657. The van der Waals surface area contributed by atoms with E-state index in [1.165, 1.54) is 6.07 Å². The molecular formula is C14H11ClF2N2O3. The van der Waals surface area contributed by atoms with Crippen LogP contribution in [0, 0.1) is 25.5 Å². The van der Waals surface area contributed by atoms with Gasteiger partial charge in [-0.25, -0.2) is 8.78 Å². The fourth-order valence-electron chi connectivity index (χ4n) is 1.80. The summed E-state index contributed by atoms with van der Waals surface area (Å²) in [5, 5.41) is -0.277. The van der Waals surface area contributed by atoms with E-state index in [0.717, 1.165) is 0 Å². The summed E-state index contributed by atoms with van der Waals surface area (Å²) >= 11 is 5.66. The minimum absolute atomic E-state index is 0.245. The van der Waals surface area contributed by atoms with Crippen LogP contribution in [0.1, 0.15) is 32.2 Å². The van der Waals surface area contributed by atoms with Crippen molar-refractivity contribution in [3.63, 3.8) is 0 Å². The lowest BCUT2D eigenvalue weighted by molar-refractivity contribution is 0.0845. The maximum absolute atomic E-state index is 13.1. The van der Waals surface area contributed by atoms with Crippen LogP contribution in [0.25, 0.3) is 0 Å². The smallest absolute Gasteiger partial charge is 0.273 e. The minimum atomic E-state index is -1.22. The summed E-state index contributed by atoms with van der Waals surface area (Å²) < 4.78 is 31.2. The Kier molecular flexibility index (Phi) is 4.46. The Morgan fingerprint density at radius 1 is 1.00 bits per heavy atom. The number of hydrogen-bond donors (Lipinski definition) is 2. The molecular weight excluding hydrogens is 318 g/mol. The Morgan fingerprint density at radius 3 is 2.09 bits per heavy atom. The molecule has 8 heteroatoms. The van der Waals surface area contributed by atoms with Gasteiger partial charge in [0, 0.05) is 0 Å². The fraction of sp³-hybridized carbons (Fsp3) is 0.143. The molecule has 2 rings (SSSR count). The van der Waals surface area contributed by atoms with E-state index in [2.05, 4.69) is 10.9 Å². The van der Waals surface area contributed by atoms with Crippen LogP contribution in [-0.4, -0.2) is 11.8 Å². The first-order valence-corrected chi connectivity index (χ1v) is 6.49. The average Bonchev–Trinajstić information content (AvgIpc) is 2.78. The normalized spacial score (nSPS) is 10.4. The molecule has 2 aromatic rings. The van der Waals surface area contributed by atoms with Crippen LogP contribution in [-0.2, 0) is 0 Å². The predicted molar refractivity (Wildman–Crippen MR) is 74.5 cm³/mol. The number of carbonyl (C=O) groups is 2. The van der Waals surface area contributed by atoms with Crippen LogP contribution >= 0.6 is 11.6 Å². The molecule has 1 aromatic carbocycles. The monoisotopic (exact) mass is 328 g/mol. The summed E-state index contributed by atoms with van der Waals surface area (Å²) in [6.07, 6.45) is 0. The molecule has 22 heavy (non-hydrogen) atoms. The predicted octanol–water partition coefficient (Wildman–Crippen LogP) is 2.90. The molecule has 0 aliphatic heterocycles. The van der Waals surface area contributed by atoms with E-state index in [1.807, 2.05) is 0 Å². The van der Waals surface area contributed by atoms with E-state index in [9.17, 15) is 18.4 Å². The number of halogens is 3. The largest absolute Gasteiger partial charge is 0.466 e. The van der Waals surface area contributed by atoms with E-state index < -0.39 is 23.4 Å². The number of nitrogens with one attached hydrogen (secondary N) is 2. The summed E-state index contributed by atoms with van der Waals surface area (Å²) in [4.78, 5) is 23.7. The van der Waals surface area contributed by atoms with E-state index in [4.69, 9.17) is 16.0 Å². The van der Waals surface area contributed by atoms with Crippen LogP contribution in [0.4, 0.5) is 8.78 Å². The number of aryl methyl sites for hydroxylation is 2. The van der Waals surface area contributed by atoms with Gasteiger partial charge in [-0.1, -0.05) is 11.6 Å². The highest BCUT2D eigenvalue weighted by Crippen LogP contribution is 2.19. The molecule has 5 nitrogen and oxygen atoms in total. The second kappa shape index (κ2) is 6.15. The van der Waals surface area contributed by atoms with Crippen molar-refractivity contribution in [2.24, 2.45) is 0 Å². The van der Waals surface area contributed by atoms with Crippen molar-refractivity contribution >= 4 is 23.4 Å². The standard InChI is InChI=1S/C14H11ClF2N2O3/c1-6-3-8(7(2)22-6)13(20)18-19-14(21)9-4-11(16)12(17)5-10(9)15/h3-5H,1-2H3,(H,18,20)(H,19,21). The van der Waals surface area contributed by atoms with Crippen molar-refractivity contribution in [2.45, 2.75) is 13.8 Å². The topological polar surface area (TPSA) is 71.3 Å². The van der Waals surface area contributed by atoms with Gasteiger partial charge in [0.2, 0.25) is 0 Å². The van der Waals surface area contributed by atoms with Gasteiger partial charge in [-0.2, -0.15) is 0 Å². The zero-order valence-electron chi connectivity index (χ0n) is 11.6. The zero-order chi connectivity index (χ0) is 16.4. The van der Waals surface area contributed by atoms with Gasteiger partial charge in [-0.15, -0.1) is 0 Å². The van der Waals surface area contributed by atoms with Crippen molar-refractivity contribution in [3.8, 4) is 0 Å². The third-order valence-electron chi connectivity index (χ3n) is 2.83. The Bertz CT molecular complexity index is 759. The first-order valence-electron chi connectivity index (χ1n) is 6.12. The van der Waals surface area contributed by atoms with Crippen LogP contribution in [0.3, 0.4) is 0 Å². The molecule has 0 radical (unpaired) electrons. The second-order valence-electron chi connectivity index (χ2n) is 4.48. The molecule has 0 bridgehead atoms. The van der Waals surface area contributed by atoms with Crippen LogP contribution in [0.15, 0.2) is 22.6 Å². The van der Waals surface area contributed by atoms with E-state index in [1.54, 1.807) is 13.8 Å². The molecule has 116 valence electrons. The highest BCUT2D eigenvalue weighted by molar-refractivity contribution is 6.33. The van der Waals surface area contributed by atoms with Crippen molar-refractivity contribution in [1.29, 1.82) is 0 Å². The van der Waals surface area contributed by atoms with Gasteiger partial charge in [-0.05, 0) is 32.0 Å². The Morgan fingerprint density at radius 2 is 1.55 bits per heavy atom. The fourth-order valence-corrected chi connectivity index (χ4v) is 2.04. The molecule has 1 aromatic heterocycles. The third-order valence-corrected chi connectivity index (χ3v) is 3.14. The van der Waals surface area contributed by atoms with Crippen molar-refractivity contribution < 1.29 is 22.8 Å². The number of carbonyl (C=O) groups excluding carboxylic acids is 2. The number of hydrazine groups is 1. The molecule has 0 fully saturated rings. The lowest BCUT2D eigenvalue weighted by Crippen LogP contribution is -2.41. The summed E-state index contributed by atoms with van der Waals surface area (Å²) in [7, 11) is 0. The van der Waals surface area contributed by atoms with Gasteiger partial charge in [0.15, 0.2) is 11.6 Å². The van der Waals surface area contributed by atoms with Gasteiger partial charge >= 0.3 is 0 Å². The van der Waals surface area contributed by atoms with Crippen molar-refractivity contribution in [2.75, 3.05) is 0 Å². The van der Waals surface area contributed by atoms with Crippen molar-refractivity contribution in [1.82, 2.24) is 10.9 Å². The Balaban J connectivity index is 2.09. The SMILES string of the molecule is Cc1cc(C(=O)NNC(=O)c2cc(F)c(F)cc2Cl)c(C)o1. The number of amides is 2. The third kappa shape index (κ3) is 3.25. The molecule has 0 aliphatic carbocycles. The van der Waals surface area contributed by atoms with Crippen molar-refractivity contribution in [3.05, 3.63) is 57.5 Å². The lowest BCUT2D eigenvalue weighted by atomic mass is 10.2.